The minimum absolute atomic E-state index is 0.318. The summed E-state index contributed by atoms with van der Waals surface area (Å²) < 4.78 is 5.00. The van der Waals surface area contributed by atoms with Gasteiger partial charge in [-0.3, -0.25) is 4.79 Å². The molecule has 1 heterocycles. The summed E-state index contributed by atoms with van der Waals surface area (Å²) in [5, 5.41) is 3.47. The second-order valence-corrected chi connectivity index (χ2v) is 5.17. The quantitative estimate of drug-likeness (QED) is 0.679. The van der Waals surface area contributed by atoms with Crippen LogP contribution in [0.15, 0.2) is 0 Å². The van der Waals surface area contributed by atoms with Crippen molar-refractivity contribution in [3.05, 3.63) is 0 Å². The van der Waals surface area contributed by atoms with E-state index in [9.17, 15) is 4.79 Å². The minimum atomic E-state index is 0.318. The van der Waals surface area contributed by atoms with E-state index in [4.69, 9.17) is 4.74 Å². The van der Waals surface area contributed by atoms with Crippen molar-refractivity contribution in [2.45, 2.75) is 50.6 Å². The van der Waals surface area contributed by atoms with E-state index in [1.807, 2.05) is 0 Å². The predicted octanol–water partition coefficient (Wildman–Crippen LogP) is 1.16. The molecule has 4 nitrogen and oxygen atoms in total. The smallest absolute Gasteiger partial charge is 0.222 e. The first-order valence-corrected chi connectivity index (χ1v) is 6.83. The van der Waals surface area contributed by atoms with Crippen LogP contribution in [-0.2, 0) is 9.53 Å². The molecule has 0 aromatic heterocycles. The van der Waals surface area contributed by atoms with Gasteiger partial charge in [0.1, 0.15) is 0 Å². The summed E-state index contributed by atoms with van der Waals surface area (Å²) in [5.41, 5.74) is 0. The van der Waals surface area contributed by atoms with Crippen LogP contribution in [0.25, 0.3) is 0 Å². The fourth-order valence-corrected chi connectivity index (χ4v) is 2.50. The Morgan fingerprint density at radius 1 is 1.41 bits per heavy atom. The Hall–Kier alpha value is -0.610. The Balaban J connectivity index is 1.76. The number of carbonyl (C=O) groups excluding carboxylic acids is 1. The molecule has 1 atom stereocenters. The third-order valence-corrected chi connectivity index (χ3v) is 3.63. The van der Waals surface area contributed by atoms with Gasteiger partial charge in [0.25, 0.3) is 0 Å². The number of hydrogen-bond acceptors (Lipinski definition) is 3. The number of nitrogens with one attached hydrogen (secondary N) is 1. The Morgan fingerprint density at radius 3 is 2.82 bits per heavy atom. The zero-order valence-corrected chi connectivity index (χ0v) is 10.8. The predicted molar refractivity (Wildman–Crippen MR) is 66.9 cm³/mol. The molecule has 1 saturated carbocycles. The molecule has 1 saturated heterocycles. The maximum Gasteiger partial charge on any atom is 0.222 e. The molecule has 0 radical (unpaired) electrons. The molecule has 1 amide bonds. The zero-order chi connectivity index (χ0) is 12.1. The summed E-state index contributed by atoms with van der Waals surface area (Å²) >= 11 is 0. The molecule has 0 bridgehead atoms. The van der Waals surface area contributed by atoms with Crippen molar-refractivity contribution in [1.29, 1.82) is 0 Å². The van der Waals surface area contributed by atoms with Crippen LogP contribution in [0.2, 0.25) is 0 Å². The Labute approximate surface area is 104 Å². The van der Waals surface area contributed by atoms with E-state index in [1.165, 1.54) is 25.7 Å². The van der Waals surface area contributed by atoms with E-state index in [0.717, 1.165) is 19.5 Å². The van der Waals surface area contributed by atoms with E-state index < -0.39 is 0 Å². The van der Waals surface area contributed by atoms with Crippen LogP contribution >= 0.6 is 0 Å². The summed E-state index contributed by atoms with van der Waals surface area (Å²) in [5.74, 6) is 0.318. The molecule has 0 unspecified atom stereocenters. The molecule has 98 valence electrons. The lowest BCUT2D eigenvalue weighted by Crippen LogP contribution is -2.42. The lowest BCUT2D eigenvalue weighted by molar-refractivity contribution is -0.132. The van der Waals surface area contributed by atoms with Gasteiger partial charge in [0.15, 0.2) is 0 Å². The summed E-state index contributed by atoms with van der Waals surface area (Å²) in [4.78, 5) is 14.2. The second-order valence-electron chi connectivity index (χ2n) is 5.17. The van der Waals surface area contributed by atoms with Crippen LogP contribution in [0.3, 0.4) is 0 Å². The fourth-order valence-electron chi connectivity index (χ4n) is 2.50. The Kier molecular flexibility index (Phi) is 4.80. The molecule has 2 fully saturated rings. The average Bonchev–Trinajstić information content (AvgIpc) is 3.03. The molecular weight excluding hydrogens is 216 g/mol. The van der Waals surface area contributed by atoms with Gasteiger partial charge in [-0.1, -0.05) is 0 Å². The van der Waals surface area contributed by atoms with E-state index in [2.05, 4.69) is 10.2 Å². The molecule has 0 aromatic carbocycles. The highest BCUT2D eigenvalue weighted by molar-refractivity contribution is 5.76. The summed E-state index contributed by atoms with van der Waals surface area (Å²) in [7, 11) is 1.69. The number of rotatable bonds is 7. The Bertz CT molecular complexity index is 248. The minimum Gasteiger partial charge on any atom is -0.385 e. The third kappa shape index (κ3) is 3.96. The van der Waals surface area contributed by atoms with Gasteiger partial charge >= 0.3 is 0 Å². The number of carbonyl (C=O) groups is 1. The van der Waals surface area contributed by atoms with Crippen molar-refractivity contribution < 1.29 is 9.53 Å². The molecule has 2 rings (SSSR count). The largest absolute Gasteiger partial charge is 0.385 e. The zero-order valence-electron chi connectivity index (χ0n) is 10.8. The molecule has 0 aromatic rings. The van der Waals surface area contributed by atoms with Crippen molar-refractivity contribution in [2.24, 2.45) is 0 Å². The van der Waals surface area contributed by atoms with Crippen molar-refractivity contribution in [2.75, 3.05) is 26.8 Å². The first-order chi connectivity index (χ1) is 8.31. The number of amides is 1. The molecule has 0 spiro atoms. The standard InChI is InChI=1S/C13H24N2O2/c1-17-9-3-5-13(16)15(12-6-7-12)10-11-4-2-8-14-11/h11-12,14H,2-10H2,1H3/t11-/m0/s1. The summed E-state index contributed by atoms with van der Waals surface area (Å²) in [6.45, 7) is 2.71. The van der Waals surface area contributed by atoms with Gasteiger partial charge in [0.05, 0.1) is 0 Å². The van der Waals surface area contributed by atoms with E-state index in [0.29, 0.717) is 31.0 Å². The molecular formula is C13H24N2O2. The second kappa shape index (κ2) is 6.36. The number of ether oxygens (including phenoxy) is 1. The molecule has 17 heavy (non-hydrogen) atoms. The normalized spacial score (nSPS) is 23.9. The van der Waals surface area contributed by atoms with Crippen LogP contribution < -0.4 is 5.32 Å². The van der Waals surface area contributed by atoms with Gasteiger partial charge < -0.3 is 15.0 Å². The molecule has 4 heteroatoms. The fraction of sp³-hybridized carbons (Fsp3) is 0.923. The highest BCUT2D eigenvalue weighted by Crippen LogP contribution is 2.28. The van der Waals surface area contributed by atoms with Crippen LogP contribution in [-0.4, -0.2) is 49.7 Å². The number of nitrogens with zero attached hydrogens (tertiary/aromatic N) is 1. The van der Waals surface area contributed by atoms with E-state index >= 15 is 0 Å². The van der Waals surface area contributed by atoms with Crippen LogP contribution in [0, 0.1) is 0 Å². The van der Waals surface area contributed by atoms with Crippen LogP contribution in [0.1, 0.15) is 38.5 Å². The van der Waals surface area contributed by atoms with Gasteiger partial charge in [0, 0.05) is 38.8 Å². The van der Waals surface area contributed by atoms with Crippen LogP contribution in [0.5, 0.6) is 0 Å². The Morgan fingerprint density at radius 2 is 2.24 bits per heavy atom. The van der Waals surface area contributed by atoms with Crippen molar-refractivity contribution >= 4 is 5.91 Å². The first-order valence-electron chi connectivity index (χ1n) is 6.83. The van der Waals surface area contributed by atoms with Crippen molar-refractivity contribution in [3.63, 3.8) is 0 Å². The van der Waals surface area contributed by atoms with Crippen LogP contribution in [0.4, 0.5) is 0 Å². The van der Waals surface area contributed by atoms with Crippen molar-refractivity contribution in [1.82, 2.24) is 10.2 Å². The SMILES string of the molecule is COCCCC(=O)N(C[C@@H]1CCCN1)C1CC1. The van der Waals surface area contributed by atoms with Crippen molar-refractivity contribution in [3.8, 4) is 0 Å². The van der Waals surface area contributed by atoms with Gasteiger partial charge in [0.2, 0.25) is 5.91 Å². The van der Waals surface area contributed by atoms with Gasteiger partial charge in [-0.2, -0.15) is 0 Å². The number of methoxy groups -OCH3 is 1. The first kappa shape index (κ1) is 12.8. The lowest BCUT2D eigenvalue weighted by Gasteiger charge is -2.26. The number of hydrogen-bond donors (Lipinski definition) is 1. The lowest BCUT2D eigenvalue weighted by atomic mass is 10.2. The highest BCUT2D eigenvalue weighted by atomic mass is 16.5. The maximum absolute atomic E-state index is 12.1. The van der Waals surface area contributed by atoms with E-state index in [-0.39, 0.29) is 0 Å². The van der Waals surface area contributed by atoms with E-state index in [1.54, 1.807) is 7.11 Å². The molecule has 1 aliphatic carbocycles. The third-order valence-electron chi connectivity index (χ3n) is 3.63. The summed E-state index contributed by atoms with van der Waals surface area (Å²) in [6.07, 6.45) is 6.34. The molecule has 1 N–H and O–H groups in total. The molecule has 1 aliphatic heterocycles. The van der Waals surface area contributed by atoms with Gasteiger partial charge in [-0.05, 0) is 38.6 Å². The monoisotopic (exact) mass is 240 g/mol. The van der Waals surface area contributed by atoms with Gasteiger partial charge in [-0.25, -0.2) is 0 Å². The summed E-state index contributed by atoms with van der Waals surface area (Å²) in [6, 6.07) is 1.06. The highest BCUT2D eigenvalue weighted by Gasteiger charge is 2.33. The van der Waals surface area contributed by atoms with Gasteiger partial charge in [-0.15, -0.1) is 0 Å². The molecule has 2 aliphatic rings. The maximum atomic E-state index is 12.1. The topological polar surface area (TPSA) is 41.6 Å². The average molecular weight is 240 g/mol.